The van der Waals surface area contributed by atoms with Crippen molar-refractivity contribution < 1.29 is 13.9 Å². The second kappa shape index (κ2) is 7.45. The van der Waals surface area contributed by atoms with E-state index >= 15 is 0 Å². The van der Waals surface area contributed by atoms with Gasteiger partial charge in [-0.05, 0) is 24.1 Å². The highest BCUT2D eigenvalue weighted by molar-refractivity contribution is 5.88. The van der Waals surface area contributed by atoms with Crippen LogP contribution in [0, 0.1) is 5.82 Å². The molecule has 0 saturated carbocycles. The summed E-state index contributed by atoms with van der Waals surface area (Å²) in [7, 11) is 1.48. The van der Waals surface area contributed by atoms with Gasteiger partial charge in [0.2, 0.25) is 5.82 Å². The van der Waals surface area contributed by atoms with Crippen LogP contribution in [0.15, 0.2) is 53.3 Å². The number of nitrogens with zero attached hydrogens (tertiary/aromatic N) is 6. The number of benzene rings is 2. The van der Waals surface area contributed by atoms with E-state index in [0.717, 1.165) is 18.1 Å². The van der Waals surface area contributed by atoms with Crippen molar-refractivity contribution in [3.8, 4) is 17.4 Å². The highest BCUT2D eigenvalue weighted by Crippen LogP contribution is 2.30. The van der Waals surface area contributed by atoms with Crippen molar-refractivity contribution in [1.82, 2.24) is 29.1 Å². The molecule has 0 bridgehead atoms. The zero-order chi connectivity index (χ0) is 22.4. The number of carbonyl (C=O) groups excluding carboxylic acids is 1. The summed E-state index contributed by atoms with van der Waals surface area (Å²) in [6.07, 6.45) is 1.44. The third-order valence-corrected chi connectivity index (χ3v) is 5.32. The summed E-state index contributed by atoms with van der Waals surface area (Å²) in [4.78, 5) is 28.1. The molecule has 4 aromatic rings. The van der Waals surface area contributed by atoms with Crippen LogP contribution < -0.4 is 16.2 Å². The van der Waals surface area contributed by atoms with E-state index in [1.165, 1.54) is 28.5 Å². The zero-order valence-electron chi connectivity index (χ0n) is 17.0. The molecule has 1 atom stereocenters. The fraction of sp³-hybridized carbons (Fsp3) is 0.190. The van der Waals surface area contributed by atoms with Crippen molar-refractivity contribution in [2.24, 2.45) is 12.8 Å². The fourth-order valence-electron chi connectivity index (χ4n) is 3.82. The fourth-order valence-corrected chi connectivity index (χ4v) is 3.82. The van der Waals surface area contributed by atoms with Crippen molar-refractivity contribution in [2.45, 2.75) is 18.9 Å². The molecular formula is C21H18FN7O3. The van der Waals surface area contributed by atoms with Crippen LogP contribution in [0.25, 0.3) is 5.69 Å². The molecule has 1 aliphatic rings. The number of aromatic nitrogens is 6. The molecule has 1 aliphatic heterocycles. The largest absolute Gasteiger partial charge is 0.421 e. The van der Waals surface area contributed by atoms with Gasteiger partial charge in [-0.3, -0.25) is 9.36 Å². The van der Waals surface area contributed by atoms with Crippen LogP contribution in [0.1, 0.15) is 34.5 Å². The van der Waals surface area contributed by atoms with E-state index in [4.69, 9.17) is 10.5 Å². The topological polar surface area (TPSA) is 123 Å². The number of fused-ring (bicyclic) bond motifs is 1. The second-order valence-corrected chi connectivity index (χ2v) is 7.37. The first-order chi connectivity index (χ1) is 15.4. The Hall–Kier alpha value is -4.28. The first-order valence-corrected chi connectivity index (χ1v) is 9.86. The lowest BCUT2D eigenvalue weighted by molar-refractivity contribution is 0.0990. The zero-order valence-corrected chi connectivity index (χ0v) is 17.0. The lowest BCUT2D eigenvalue weighted by Crippen LogP contribution is -2.26. The van der Waals surface area contributed by atoms with Crippen molar-refractivity contribution in [3.63, 3.8) is 0 Å². The smallest absolute Gasteiger partial charge is 0.351 e. The lowest BCUT2D eigenvalue weighted by atomic mass is 10.1. The van der Waals surface area contributed by atoms with Gasteiger partial charge >= 0.3 is 11.7 Å². The Kier molecular flexibility index (Phi) is 4.58. The SMILES string of the molecule is Cn1nc(C(N)=O)nc1Oc1ccc(-n2nc3n(c2=O)[C@H](c2ccccc2)CC3)cc1F. The van der Waals surface area contributed by atoms with Crippen LogP contribution in [0.2, 0.25) is 0 Å². The Morgan fingerprint density at radius 3 is 2.66 bits per heavy atom. The number of primary amides is 1. The van der Waals surface area contributed by atoms with Crippen LogP contribution in [-0.2, 0) is 13.5 Å². The van der Waals surface area contributed by atoms with E-state index in [-0.39, 0.29) is 35.0 Å². The van der Waals surface area contributed by atoms with E-state index in [1.54, 1.807) is 4.57 Å². The van der Waals surface area contributed by atoms with Gasteiger partial charge in [-0.1, -0.05) is 30.3 Å². The van der Waals surface area contributed by atoms with Crippen molar-refractivity contribution in [2.75, 3.05) is 0 Å². The minimum atomic E-state index is -0.827. The minimum absolute atomic E-state index is 0.102. The van der Waals surface area contributed by atoms with E-state index < -0.39 is 11.7 Å². The van der Waals surface area contributed by atoms with Gasteiger partial charge in [0, 0.05) is 19.5 Å². The number of hydrogen-bond acceptors (Lipinski definition) is 6. The molecule has 32 heavy (non-hydrogen) atoms. The average molecular weight is 435 g/mol. The number of amides is 1. The Labute approximate surface area is 180 Å². The van der Waals surface area contributed by atoms with Gasteiger partial charge in [-0.2, -0.15) is 9.67 Å². The van der Waals surface area contributed by atoms with Gasteiger partial charge in [-0.15, -0.1) is 10.2 Å². The number of carbonyl (C=O) groups is 1. The standard InChI is InChI=1S/C21H18FN7O3/c1-27-20(24-19(26-27)18(23)30)32-16-9-7-13(11-14(16)22)29-21(31)28-15(8-10-17(28)25-29)12-5-3-2-4-6-12/h2-7,9,11,15H,8,10H2,1H3,(H2,23,30)/t15-/m0/s1. The van der Waals surface area contributed by atoms with Crippen molar-refractivity contribution in [1.29, 1.82) is 0 Å². The monoisotopic (exact) mass is 435 g/mol. The highest BCUT2D eigenvalue weighted by atomic mass is 19.1. The van der Waals surface area contributed by atoms with E-state index in [9.17, 15) is 14.0 Å². The van der Waals surface area contributed by atoms with Crippen LogP contribution in [-0.4, -0.2) is 35.0 Å². The maximum absolute atomic E-state index is 14.8. The van der Waals surface area contributed by atoms with Gasteiger partial charge in [0.25, 0.3) is 5.91 Å². The van der Waals surface area contributed by atoms with Crippen LogP contribution in [0.3, 0.4) is 0 Å². The molecule has 0 spiro atoms. The van der Waals surface area contributed by atoms with Gasteiger partial charge in [-0.25, -0.2) is 13.9 Å². The molecule has 0 unspecified atom stereocenters. The van der Waals surface area contributed by atoms with Crippen LogP contribution >= 0.6 is 0 Å². The third-order valence-electron chi connectivity index (χ3n) is 5.32. The average Bonchev–Trinajstić information content (AvgIpc) is 3.45. The van der Waals surface area contributed by atoms with Gasteiger partial charge in [0.15, 0.2) is 11.6 Å². The Balaban J connectivity index is 1.46. The maximum Gasteiger partial charge on any atom is 0.351 e. The molecule has 11 heteroatoms. The number of halogens is 1. The summed E-state index contributed by atoms with van der Waals surface area (Å²) in [6, 6.07) is 13.6. The first-order valence-electron chi connectivity index (χ1n) is 9.86. The van der Waals surface area contributed by atoms with Gasteiger partial charge in [0.05, 0.1) is 11.7 Å². The first kappa shape index (κ1) is 19.7. The normalized spacial score (nSPS) is 15.0. The highest BCUT2D eigenvalue weighted by Gasteiger charge is 2.29. The summed E-state index contributed by atoms with van der Waals surface area (Å²) >= 11 is 0. The molecule has 2 aromatic carbocycles. The molecule has 5 rings (SSSR count). The molecule has 0 fully saturated rings. The quantitative estimate of drug-likeness (QED) is 0.509. The van der Waals surface area contributed by atoms with Crippen molar-refractivity contribution in [3.05, 3.63) is 82.0 Å². The predicted octanol–water partition coefficient (Wildman–Crippen LogP) is 1.73. The minimum Gasteiger partial charge on any atom is -0.421 e. The second-order valence-electron chi connectivity index (χ2n) is 7.37. The Morgan fingerprint density at radius 1 is 1.19 bits per heavy atom. The van der Waals surface area contributed by atoms with Crippen LogP contribution in [0.4, 0.5) is 4.39 Å². The van der Waals surface area contributed by atoms with E-state index in [2.05, 4.69) is 15.2 Å². The molecule has 0 radical (unpaired) electrons. The summed E-state index contributed by atoms with van der Waals surface area (Å²) in [5, 5.41) is 8.21. The molecule has 0 saturated heterocycles. The molecule has 2 N–H and O–H groups in total. The maximum atomic E-state index is 14.8. The summed E-state index contributed by atoms with van der Waals surface area (Å²) in [5.74, 6) is -1.30. The summed E-state index contributed by atoms with van der Waals surface area (Å²) < 4.78 is 24.2. The summed E-state index contributed by atoms with van der Waals surface area (Å²) in [6.45, 7) is 0. The molecule has 0 aliphatic carbocycles. The third kappa shape index (κ3) is 3.23. The van der Waals surface area contributed by atoms with Gasteiger partial charge < -0.3 is 10.5 Å². The molecule has 162 valence electrons. The molecule has 10 nitrogen and oxygen atoms in total. The molecular weight excluding hydrogens is 417 g/mol. The number of hydrogen-bond donors (Lipinski definition) is 1. The molecule has 3 heterocycles. The number of aryl methyl sites for hydroxylation is 2. The number of nitrogens with two attached hydrogens (primary N) is 1. The Bertz CT molecular complexity index is 1390. The van der Waals surface area contributed by atoms with E-state index in [0.29, 0.717) is 12.2 Å². The predicted molar refractivity (Wildman–Crippen MR) is 110 cm³/mol. The Morgan fingerprint density at radius 2 is 1.97 bits per heavy atom. The number of ether oxygens (including phenoxy) is 1. The van der Waals surface area contributed by atoms with Gasteiger partial charge in [0.1, 0.15) is 5.82 Å². The number of rotatable bonds is 5. The van der Waals surface area contributed by atoms with E-state index in [1.807, 2.05) is 30.3 Å². The summed E-state index contributed by atoms with van der Waals surface area (Å²) in [5.41, 5.74) is 6.11. The molecule has 1 amide bonds. The van der Waals surface area contributed by atoms with Crippen LogP contribution in [0.5, 0.6) is 11.8 Å². The molecule has 2 aromatic heterocycles. The van der Waals surface area contributed by atoms with Crippen molar-refractivity contribution >= 4 is 5.91 Å². The lowest BCUT2D eigenvalue weighted by Gasteiger charge is -2.12.